The number of hydrogen-bond donors (Lipinski definition) is 1. The first kappa shape index (κ1) is 25.3. The molecule has 1 amide bonds. The molecule has 1 saturated carbocycles. The zero-order chi connectivity index (χ0) is 25.5. The number of amides is 1. The Hall–Kier alpha value is -1.97. The zero-order valence-corrected chi connectivity index (χ0v) is 22.6. The Morgan fingerprint density at radius 1 is 1.03 bits per heavy atom. The van der Waals surface area contributed by atoms with Crippen molar-refractivity contribution in [1.82, 2.24) is 19.8 Å². The van der Waals surface area contributed by atoms with Gasteiger partial charge in [-0.25, -0.2) is 9.97 Å². The summed E-state index contributed by atoms with van der Waals surface area (Å²) in [6.07, 6.45) is 5.23. The second kappa shape index (κ2) is 10.7. The first-order valence-corrected chi connectivity index (χ1v) is 14.1. The van der Waals surface area contributed by atoms with Gasteiger partial charge in [0.15, 0.2) is 0 Å². The molecule has 4 heterocycles. The highest BCUT2D eigenvalue weighted by molar-refractivity contribution is 6.42. The SMILES string of the molecule is Cc1c(Nc2ccc(Cl)c(Cl)c2)nc(C2CC2)nc1C(=O)N1CCC(N2CCO[C@H]3COCC[C@H]32)CC1. The molecule has 37 heavy (non-hydrogen) atoms. The molecule has 0 unspecified atom stereocenters. The van der Waals surface area contributed by atoms with Crippen molar-refractivity contribution in [3.05, 3.63) is 45.3 Å². The second-order valence-corrected chi connectivity index (χ2v) is 11.3. The Morgan fingerprint density at radius 2 is 1.84 bits per heavy atom. The monoisotopic (exact) mass is 545 g/mol. The van der Waals surface area contributed by atoms with E-state index in [0.29, 0.717) is 46.2 Å². The van der Waals surface area contributed by atoms with Crippen molar-refractivity contribution in [2.45, 2.75) is 63.1 Å². The van der Waals surface area contributed by atoms with Crippen LogP contribution in [-0.4, -0.2) is 83.3 Å². The number of nitrogens with one attached hydrogen (secondary N) is 1. The van der Waals surface area contributed by atoms with E-state index in [-0.39, 0.29) is 12.0 Å². The summed E-state index contributed by atoms with van der Waals surface area (Å²) in [5.74, 6) is 1.70. The Morgan fingerprint density at radius 3 is 2.59 bits per heavy atom. The fraction of sp³-hybridized carbons (Fsp3) is 0.593. The molecule has 1 aromatic heterocycles. The van der Waals surface area contributed by atoms with Crippen molar-refractivity contribution in [3.63, 3.8) is 0 Å². The fourth-order valence-electron chi connectivity index (χ4n) is 5.82. The minimum Gasteiger partial charge on any atom is -0.379 e. The number of halogens is 2. The summed E-state index contributed by atoms with van der Waals surface area (Å²) < 4.78 is 11.6. The average molecular weight is 546 g/mol. The highest BCUT2D eigenvalue weighted by Crippen LogP contribution is 2.39. The van der Waals surface area contributed by atoms with Crippen molar-refractivity contribution in [2.75, 3.05) is 44.8 Å². The van der Waals surface area contributed by atoms with Gasteiger partial charge in [0.05, 0.1) is 29.4 Å². The number of fused-ring (bicyclic) bond motifs is 1. The predicted molar refractivity (Wildman–Crippen MR) is 143 cm³/mol. The summed E-state index contributed by atoms with van der Waals surface area (Å²) in [7, 11) is 0. The lowest BCUT2D eigenvalue weighted by Gasteiger charge is -2.49. The Kier molecular flexibility index (Phi) is 7.29. The van der Waals surface area contributed by atoms with Gasteiger partial charge >= 0.3 is 0 Å². The van der Waals surface area contributed by atoms with Crippen molar-refractivity contribution in [3.8, 4) is 0 Å². The number of morpholine rings is 1. The molecule has 2 atom stereocenters. The quantitative estimate of drug-likeness (QED) is 0.577. The third-order valence-electron chi connectivity index (χ3n) is 8.09. The summed E-state index contributed by atoms with van der Waals surface area (Å²) in [5.41, 5.74) is 2.02. The van der Waals surface area contributed by atoms with Crippen LogP contribution in [-0.2, 0) is 9.47 Å². The molecule has 3 aliphatic heterocycles. The van der Waals surface area contributed by atoms with Crippen molar-refractivity contribution in [2.24, 2.45) is 0 Å². The third kappa shape index (κ3) is 5.32. The summed E-state index contributed by atoms with van der Waals surface area (Å²) in [5, 5.41) is 4.30. The molecule has 3 saturated heterocycles. The number of rotatable bonds is 5. The Labute approximate surface area is 227 Å². The highest BCUT2D eigenvalue weighted by atomic mass is 35.5. The summed E-state index contributed by atoms with van der Waals surface area (Å²) in [6.45, 7) is 6.57. The number of carbonyl (C=O) groups excluding carboxylic acids is 1. The molecule has 2 aromatic rings. The van der Waals surface area contributed by atoms with Crippen LogP contribution in [0.1, 0.15) is 59.9 Å². The van der Waals surface area contributed by atoms with Crippen LogP contribution in [0, 0.1) is 6.92 Å². The Bertz CT molecular complexity index is 1170. The molecule has 4 aliphatic rings. The van der Waals surface area contributed by atoms with Gasteiger partial charge in [-0.2, -0.15) is 0 Å². The molecule has 6 rings (SSSR count). The molecule has 8 nitrogen and oxygen atoms in total. The molecular formula is C27H33Cl2N5O3. The van der Waals surface area contributed by atoms with Gasteiger partial charge in [-0.15, -0.1) is 0 Å². The van der Waals surface area contributed by atoms with Gasteiger partial charge in [0.2, 0.25) is 0 Å². The van der Waals surface area contributed by atoms with Gasteiger partial charge in [0.25, 0.3) is 5.91 Å². The summed E-state index contributed by atoms with van der Waals surface area (Å²) in [6, 6.07) is 6.27. The largest absolute Gasteiger partial charge is 0.379 e. The smallest absolute Gasteiger partial charge is 0.272 e. The molecule has 198 valence electrons. The van der Waals surface area contributed by atoms with Gasteiger partial charge < -0.3 is 19.7 Å². The van der Waals surface area contributed by atoms with Crippen LogP contribution in [0.2, 0.25) is 10.0 Å². The van der Waals surface area contributed by atoms with E-state index in [2.05, 4.69) is 10.2 Å². The van der Waals surface area contributed by atoms with E-state index in [9.17, 15) is 4.79 Å². The van der Waals surface area contributed by atoms with Gasteiger partial charge in [0, 0.05) is 55.5 Å². The van der Waals surface area contributed by atoms with Crippen molar-refractivity contribution < 1.29 is 14.3 Å². The molecule has 1 aliphatic carbocycles. The normalized spacial score (nSPS) is 25.1. The summed E-state index contributed by atoms with van der Waals surface area (Å²) >= 11 is 12.3. The molecule has 4 fully saturated rings. The number of ether oxygens (including phenoxy) is 2. The minimum absolute atomic E-state index is 0.0108. The fourth-order valence-corrected chi connectivity index (χ4v) is 6.11. The number of benzene rings is 1. The van der Waals surface area contributed by atoms with E-state index in [1.807, 2.05) is 17.9 Å². The van der Waals surface area contributed by atoms with Gasteiger partial charge in [-0.1, -0.05) is 23.2 Å². The van der Waals surface area contributed by atoms with Crippen LogP contribution in [0.25, 0.3) is 0 Å². The van der Waals surface area contributed by atoms with Gasteiger partial charge in [-0.3, -0.25) is 9.69 Å². The van der Waals surface area contributed by atoms with E-state index in [1.54, 1.807) is 12.1 Å². The van der Waals surface area contributed by atoms with E-state index >= 15 is 0 Å². The van der Waals surface area contributed by atoms with Crippen LogP contribution < -0.4 is 5.32 Å². The number of anilines is 2. The first-order chi connectivity index (χ1) is 18.0. The molecular weight excluding hydrogens is 513 g/mol. The third-order valence-corrected chi connectivity index (χ3v) is 8.83. The van der Waals surface area contributed by atoms with Crippen LogP contribution in [0.5, 0.6) is 0 Å². The van der Waals surface area contributed by atoms with Gasteiger partial charge in [-0.05, 0) is 57.2 Å². The maximum Gasteiger partial charge on any atom is 0.272 e. The zero-order valence-electron chi connectivity index (χ0n) is 21.1. The van der Waals surface area contributed by atoms with Crippen LogP contribution in [0.15, 0.2) is 18.2 Å². The first-order valence-electron chi connectivity index (χ1n) is 13.3. The van der Waals surface area contributed by atoms with E-state index in [0.717, 1.165) is 82.0 Å². The maximum atomic E-state index is 13.7. The topological polar surface area (TPSA) is 79.8 Å². The van der Waals surface area contributed by atoms with Crippen LogP contribution in [0.4, 0.5) is 11.5 Å². The number of nitrogens with zero attached hydrogens (tertiary/aromatic N) is 4. The summed E-state index contributed by atoms with van der Waals surface area (Å²) in [4.78, 5) is 27.9. The number of aromatic nitrogens is 2. The van der Waals surface area contributed by atoms with E-state index in [4.69, 9.17) is 42.6 Å². The van der Waals surface area contributed by atoms with E-state index < -0.39 is 0 Å². The van der Waals surface area contributed by atoms with Crippen LogP contribution in [0.3, 0.4) is 0 Å². The Balaban J connectivity index is 1.18. The molecule has 0 bridgehead atoms. The van der Waals surface area contributed by atoms with Gasteiger partial charge in [0.1, 0.15) is 17.3 Å². The van der Waals surface area contributed by atoms with Crippen LogP contribution >= 0.6 is 23.2 Å². The lowest BCUT2D eigenvalue weighted by molar-refractivity contribution is -0.148. The number of hydrogen-bond acceptors (Lipinski definition) is 7. The molecule has 1 N–H and O–H groups in total. The second-order valence-electron chi connectivity index (χ2n) is 10.5. The number of likely N-dealkylation sites (tertiary alicyclic amines) is 1. The predicted octanol–water partition coefficient (Wildman–Crippen LogP) is 4.81. The lowest BCUT2D eigenvalue weighted by atomic mass is 9.95. The highest BCUT2D eigenvalue weighted by Gasteiger charge is 2.40. The van der Waals surface area contributed by atoms with Crippen molar-refractivity contribution in [1.29, 1.82) is 0 Å². The van der Waals surface area contributed by atoms with Crippen molar-refractivity contribution >= 4 is 40.6 Å². The lowest BCUT2D eigenvalue weighted by Crippen LogP contribution is -2.60. The number of piperidine rings is 1. The minimum atomic E-state index is -0.0108. The average Bonchev–Trinajstić information content (AvgIpc) is 3.77. The molecule has 0 radical (unpaired) electrons. The van der Waals surface area contributed by atoms with E-state index in [1.165, 1.54) is 0 Å². The standard InChI is InChI=1S/C27H33Cl2N5O3/c1-16-24(31-26(17-2-3-17)32-25(16)30-18-4-5-20(28)21(29)14-18)27(35)33-9-6-19(7-10-33)34-11-13-37-23-15-36-12-8-22(23)34/h4-5,14,17,19,22-23H,2-3,6-13,15H2,1H3,(H,30,31,32)/t22-,23+/m1/s1. The maximum absolute atomic E-state index is 13.7. The molecule has 10 heteroatoms. The number of carbonyl (C=O) groups is 1. The molecule has 0 spiro atoms. The molecule has 1 aromatic carbocycles.